The average Bonchev–Trinajstić information content (AvgIpc) is 2.66. The van der Waals surface area contributed by atoms with Crippen LogP contribution in [0.5, 0.6) is 0 Å². The Kier molecular flexibility index (Phi) is 11.6. The van der Waals surface area contributed by atoms with Crippen LogP contribution in [0.4, 0.5) is 5.69 Å². The number of aliphatic hydroxyl groups excluding tert-OH is 1. The summed E-state index contributed by atoms with van der Waals surface area (Å²) in [5.41, 5.74) is 1.62. The highest BCUT2D eigenvalue weighted by atomic mass is 35.5. The van der Waals surface area contributed by atoms with Crippen LogP contribution in [0.2, 0.25) is 0 Å². The number of hydrogen-bond acceptors (Lipinski definition) is 5. The van der Waals surface area contributed by atoms with Crippen molar-refractivity contribution in [3.63, 3.8) is 0 Å². The van der Waals surface area contributed by atoms with E-state index in [1.807, 2.05) is 52.0 Å². The van der Waals surface area contributed by atoms with Gasteiger partial charge in [0.1, 0.15) is 0 Å². The molecule has 0 bridgehead atoms. The number of aliphatic hydroxyl groups is 1. The van der Waals surface area contributed by atoms with Crippen molar-refractivity contribution >= 4 is 34.9 Å². The standard InChI is InChI=1S/C14H19Cl2NO2.C9H19NO2/c15-8-10-17(11-9-16)13-6-4-12(5-7-13)2-1-3-14(18)19;1-8(2)5-7(11)6-9(3,4)10(8)12/h4-7H,1-3,8-11H2,(H,18,19);7,11-12H,5-6H2,1-4H3. The van der Waals surface area contributed by atoms with E-state index in [-0.39, 0.29) is 23.6 Å². The Labute approximate surface area is 196 Å². The van der Waals surface area contributed by atoms with Crippen molar-refractivity contribution in [2.24, 2.45) is 0 Å². The first-order valence-electron chi connectivity index (χ1n) is 10.8. The Hall–Kier alpha value is -1.05. The van der Waals surface area contributed by atoms with E-state index < -0.39 is 5.97 Å². The predicted molar refractivity (Wildman–Crippen MR) is 128 cm³/mol. The molecule has 0 unspecified atom stereocenters. The molecule has 0 aromatic heterocycles. The van der Waals surface area contributed by atoms with E-state index in [2.05, 4.69) is 4.90 Å². The summed E-state index contributed by atoms with van der Waals surface area (Å²) in [7, 11) is 0. The quantitative estimate of drug-likeness (QED) is 0.445. The minimum Gasteiger partial charge on any atom is -0.481 e. The molecule has 1 saturated heterocycles. The van der Waals surface area contributed by atoms with Gasteiger partial charge in [0, 0.05) is 48.0 Å². The molecular formula is C23H38Cl2N2O4. The summed E-state index contributed by atoms with van der Waals surface area (Å²) in [5, 5.41) is 29.3. The van der Waals surface area contributed by atoms with Crippen molar-refractivity contribution in [2.45, 2.75) is 77.0 Å². The molecule has 1 aromatic carbocycles. The normalized spacial score (nSPS) is 18.2. The van der Waals surface area contributed by atoms with Gasteiger partial charge in [0.2, 0.25) is 0 Å². The summed E-state index contributed by atoms with van der Waals surface area (Å²) in [5.74, 6) is 0.390. The van der Waals surface area contributed by atoms with Crippen LogP contribution in [-0.4, -0.2) is 68.5 Å². The third kappa shape index (κ3) is 9.54. The fourth-order valence-corrected chi connectivity index (χ4v) is 4.52. The van der Waals surface area contributed by atoms with Crippen LogP contribution in [0, 0.1) is 0 Å². The molecule has 6 nitrogen and oxygen atoms in total. The zero-order valence-corrected chi connectivity index (χ0v) is 20.7. The molecule has 3 N–H and O–H groups in total. The van der Waals surface area contributed by atoms with E-state index in [0.29, 0.717) is 31.0 Å². The molecule has 0 amide bonds. The Bertz CT molecular complexity index is 644. The third-order valence-corrected chi connectivity index (χ3v) is 5.82. The van der Waals surface area contributed by atoms with Crippen LogP contribution in [0.3, 0.4) is 0 Å². The van der Waals surface area contributed by atoms with Gasteiger partial charge in [-0.2, -0.15) is 5.06 Å². The van der Waals surface area contributed by atoms with E-state index in [1.165, 1.54) is 5.06 Å². The number of alkyl halides is 2. The van der Waals surface area contributed by atoms with Crippen LogP contribution in [0.1, 0.15) is 58.9 Å². The maximum absolute atomic E-state index is 10.4. The molecule has 1 heterocycles. The summed E-state index contributed by atoms with van der Waals surface area (Å²) in [4.78, 5) is 12.6. The van der Waals surface area contributed by atoms with Gasteiger partial charge in [-0.25, -0.2) is 0 Å². The molecule has 178 valence electrons. The summed E-state index contributed by atoms with van der Waals surface area (Å²) >= 11 is 11.5. The van der Waals surface area contributed by atoms with Crippen LogP contribution in [-0.2, 0) is 11.2 Å². The first kappa shape index (κ1) is 28.0. The van der Waals surface area contributed by atoms with E-state index in [9.17, 15) is 15.1 Å². The van der Waals surface area contributed by atoms with Crippen molar-refractivity contribution in [3.05, 3.63) is 29.8 Å². The Morgan fingerprint density at radius 2 is 1.55 bits per heavy atom. The molecule has 1 aromatic rings. The second-order valence-corrected chi connectivity index (χ2v) is 10.0. The molecule has 0 aliphatic carbocycles. The Balaban J connectivity index is 0.000000343. The highest BCUT2D eigenvalue weighted by Crippen LogP contribution is 2.36. The number of piperidine rings is 1. The Morgan fingerprint density at radius 1 is 1.06 bits per heavy atom. The van der Waals surface area contributed by atoms with Gasteiger partial charge in [0.05, 0.1) is 6.10 Å². The topological polar surface area (TPSA) is 84.2 Å². The zero-order valence-electron chi connectivity index (χ0n) is 19.2. The zero-order chi connectivity index (χ0) is 23.7. The smallest absolute Gasteiger partial charge is 0.303 e. The second-order valence-electron chi connectivity index (χ2n) is 9.28. The molecule has 1 aliphatic rings. The van der Waals surface area contributed by atoms with Crippen LogP contribution >= 0.6 is 23.2 Å². The SMILES string of the molecule is CC1(C)CC(O)CC(C)(C)N1O.O=C(O)CCCc1ccc(N(CCCl)CCCl)cc1. The van der Waals surface area contributed by atoms with Crippen molar-refractivity contribution in [1.29, 1.82) is 0 Å². The first-order valence-corrected chi connectivity index (χ1v) is 11.8. The lowest BCUT2D eigenvalue weighted by Gasteiger charge is -2.50. The summed E-state index contributed by atoms with van der Waals surface area (Å²) in [6.07, 6.45) is 2.64. The number of aryl methyl sites for hydroxylation is 1. The predicted octanol–water partition coefficient (Wildman–Crippen LogP) is 4.77. The molecular weight excluding hydrogens is 439 g/mol. The lowest BCUT2D eigenvalue weighted by atomic mass is 9.80. The summed E-state index contributed by atoms with van der Waals surface area (Å²) in [6.45, 7) is 9.31. The minimum atomic E-state index is -0.743. The Morgan fingerprint density at radius 3 is 1.97 bits per heavy atom. The minimum absolute atomic E-state index is 0.215. The number of hydrogen-bond donors (Lipinski definition) is 3. The fourth-order valence-electron chi connectivity index (χ4n) is 4.11. The van der Waals surface area contributed by atoms with Crippen molar-refractivity contribution in [2.75, 3.05) is 29.7 Å². The highest BCUT2D eigenvalue weighted by Gasteiger charge is 2.44. The fraction of sp³-hybridized carbons (Fsp3) is 0.696. The second kappa shape index (κ2) is 12.9. The van der Waals surface area contributed by atoms with Gasteiger partial charge in [0.25, 0.3) is 0 Å². The van der Waals surface area contributed by atoms with Crippen LogP contribution in [0.25, 0.3) is 0 Å². The number of anilines is 1. The average molecular weight is 477 g/mol. The molecule has 1 fully saturated rings. The molecule has 0 saturated carbocycles. The van der Waals surface area contributed by atoms with Gasteiger partial charge in [-0.1, -0.05) is 12.1 Å². The van der Waals surface area contributed by atoms with Gasteiger partial charge < -0.3 is 20.3 Å². The summed E-state index contributed by atoms with van der Waals surface area (Å²) in [6, 6.07) is 8.14. The maximum atomic E-state index is 10.4. The largest absolute Gasteiger partial charge is 0.481 e. The maximum Gasteiger partial charge on any atom is 0.303 e. The molecule has 1 aliphatic heterocycles. The molecule has 0 spiro atoms. The number of hydroxylamine groups is 2. The third-order valence-electron chi connectivity index (χ3n) is 5.48. The molecule has 2 rings (SSSR count). The van der Waals surface area contributed by atoms with Gasteiger partial charge in [-0.3, -0.25) is 4.79 Å². The number of carboxylic acid groups (broad SMARTS) is 1. The number of rotatable bonds is 9. The molecule has 8 heteroatoms. The van der Waals surface area contributed by atoms with Gasteiger partial charge >= 0.3 is 5.97 Å². The van der Waals surface area contributed by atoms with E-state index in [1.54, 1.807) is 0 Å². The van der Waals surface area contributed by atoms with Crippen LogP contribution < -0.4 is 4.90 Å². The van der Waals surface area contributed by atoms with Gasteiger partial charge in [-0.15, -0.1) is 23.2 Å². The lowest BCUT2D eigenvalue weighted by molar-refractivity contribution is -0.257. The lowest BCUT2D eigenvalue weighted by Crippen LogP contribution is -2.60. The number of benzene rings is 1. The van der Waals surface area contributed by atoms with Crippen LogP contribution in [0.15, 0.2) is 24.3 Å². The highest BCUT2D eigenvalue weighted by molar-refractivity contribution is 6.18. The number of carbonyl (C=O) groups is 1. The number of aliphatic carboxylic acids is 1. The number of carboxylic acids is 1. The van der Waals surface area contributed by atoms with E-state index in [0.717, 1.165) is 30.8 Å². The molecule has 0 atom stereocenters. The first-order chi connectivity index (χ1) is 14.4. The molecule has 0 radical (unpaired) electrons. The van der Waals surface area contributed by atoms with Crippen molar-refractivity contribution in [1.82, 2.24) is 5.06 Å². The van der Waals surface area contributed by atoms with Crippen molar-refractivity contribution < 1.29 is 20.2 Å². The summed E-state index contributed by atoms with van der Waals surface area (Å²) < 4.78 is 0. The molecule has 31 heavy (non-hydrogen) atoms. The van der Waals surface area contributed by atoms with Gasteiger partial charge in [-0.05, 0) is 71.1 Å². The van der Waals surface area contributed by atoms with E-state index >= 15 is 0 Å². The van der Waals surface area contributed by atoms with Gasteiger partial charge in [0.15, 0.2) is 0 Å². The van der Waals surface area contributed by atoms with Crippen molar-refractivity contribution in [3.8, 4) is 0 Å². The number of halogens is 2. The monoisotopic (exact) mass is 476 g/mol. The van der Waals surface area contributed by atoms with E-state index in [4.69, 9.17) is 28.3 Å². The number of nitrogens with zero attached hydrogens (tertiary/aromatic N) is 2.